The molecule has 2 bridgehead atoms. The molecule has 3 heteroatoms. The minimum Gasteiger partial charge on any atom is -0.399 e. The zero-order chi connectivity index (χ0) is 16.5. The smallest absolute Gasteiger partial charge is 0.106 e. The summed E-state index contributed by atoms with van der Waals surface area (Å²) in [5.74, 6) is 1.09. The Hall–Kier alpha value is -1.48. The number of oxime groups is 1. The van der Waals surface area contributed by atoms with Crippen molar-refractivity contribution in [2.45, 2.75) is 49.0 Å². The molecular weight excluding hydrogens is 314 g/mol. The van der Waals surface area contributed by atoms with Crippen molar-refractivity contribution in [3.8, 4) is 0 Å². The second kappa shape index (κ2) is 6.79. The van der Waals surface area contributed by atoms with Crippen molar-refractivity contribution < 1.29 is 4.84 Å². The fourth-order valence-corrected chi connectivity index (χ4v) is 6.44. The Labute approximate surface area is 148 Å². The van der Waals surface area contributed by atoms with E-state index in [0.29, 0.717) is 17.1 Å². The van der Waals surface area contributed by atoms with Gasteiger partial charge in [-0.3, -0.25) is 0 Å². The number of fused-ring (bicyclic) bond motifs is 3. The molecule has 2 nitrogen and oxygen atoms in total. The summed E-state index contributed by atoms with van der Waals surface area (Å²) in [5.41, 5.74) is 2.72. The van der Waals surface area contributed by atoms with Gasteiger partial charge in [0.25, 0.3) is 0 Å². The predicted molar refractivity (Wildman–Crippen MR) is 104 cm³/mol. The van der Waals surface area contributed by atoms with Crippen molar-refractivity contribution in [1.29, 1.82) is 0 Å². The van der Waals surface area contributed by atoms with E-state index in [-0.39, 0.29) is 0 Å². The first kappa shape index (κ1) is 16.0. The molecule has 4 rings (SSSR count). The average molecular weight is 340 g/mol. The maximum Gasteiger partial charge on any atom is 0.106 e. The topological polar surface area (TPSA) is 21.6 Å². The fraction of sp³-hybridized carbons (Fsp3) is 0.476. The highest BCUT2D eigenvalue weighted by atomic mass is 32.2. The van der Waals surface area contributed by atoms with E-state index in [1.165, 1.54) is 41.3 Å². The maximum atomic E-state index is 5.19. The monoisotopic (exact) mass is 339 g/mol. The van der Waals surface area contributed by atoms with Crippen molar-refractivity contribution in [3.63, 3.8) is 0 Å². The van der Waals surface area contributed by atoms with Gasteiger partial charge in [-0.1, -0.05) is 54.5 Å². The van der Waals surface area contributed by atoms with Crippen LogP contribution < -0.4 is 0 Å². The van der Waals surface area contributed by atoms with Crippen LogP contribution in [0.15, 0.2) is 47.6 Å². The van der Waals surface area contributed by atoms with Gasteiger partial charge in [-0.2, -0.15) is 11.8 Å². The van der Waals surface area contributed by atoms with Gasteiger partial charge >= 0.3 is 0 Å². The molecule has 0 N–H and O–H groups in total. The molecule has 0 aromatic heterocycles. The molecule has 2 aromatic carbocycles. The number of rotatable bonds is 4. The van der Waals surface area contributed by atoms with Crippen molar-refractivity contribution in [3.05, 3.63) is 48.0 Å². The average Bonchev–Trinajstić information content (AvgIpc) is 3.01. The molecule has 2 aromatic rings. The highest BCUT2D eigenvalue weighted by Gasteiger charge is 2.45. The van der Waals surface area contributed by atoms with E-state index in [4.69, 9.17) is 4.84 Å². The van der Waals surface area contributed by atoms with Crippen LogP contribution in [0.3, 0.4) is 0 Å². The SMILES string of the molecule is CCC(=NOC)[C@@H]1[C@@H]2CCC(C[C@@H]1c1ccc3ccccc3c1)S2. The van der Waals surface area contributed by atoms with Crippen LogP contribution in [-0.2, 0) is 4.84 Å². The van der Waals surface area contributed by atoms with Gasteiger partial charge in [0.15, 0.2) is 0 Å². The zero-order valence-corrected chi connectivity index (χ0v) is 15.3. The van der Waals surface area contributed by atoms with E-state index in [0.717, 1.165) is 11.7 Å². The van der Waals surface area contributed by atoms with Crippen molar-refractivity contribution in [1.82, 2.24) is 0 Å². The van der Waals surface area contributed by atoms with Gasteiger partial charge in [0.1, 0.15) is 7.11 Å². The number of nitrogens with zero attached hydrogens (tertiary/aromatic N) is 1. The maximum absolute atomic E-state index is 5.19. The highest BCUT2D eigenvalue weighted by Crippen LogP contribution is 2.53. The van der Waals surface area contributed by atoms with Crippen molar-refractivity contribution in [2.75, 3.05) is 7.11 Å². The lowest BCUT2D eigenvalue weighted by atomic mass is 9.78. The van der Waals surface area contributed by atoms with Crippen LogP contribution >= 0.6 is 11.8 Å². The summed E-state index contributed by atoms with van der Waals surface area (Å²) in [6, 6.07) is 15.7. The van der Waals surface area contributed by atoms with E-state index >= 15 is 0 Å². The Bertz CT molecular complexity index is 756. The quantitative estimate of drug-likeness (QED) is 0.532. The van der Waals surface area contributed by atoms with Crippen molar-refractivity contribution >= 4 is 28.2 Å². The molecule has 0 radical (unpaired) electrons. The van der Waals surface area contributed by atoms with Gasteiger partial charge in [-0.15, -0.1) is 0 Å². The van der Waals surface area contributed by atoms with E-state index in [9.17, 15) is 0 Å². The minimum absolute atomic E-state index is 0.514. The molecule has 24 heavy (non-hydrogen) atoms. The summed E-state index contributed by atoms with van der Waals surface area (Å²) in [4.78, 5) is 5.19. The Balaban J connectivity index is 1.75. The molecule has 4 atom stereocenters. The molecule has 126 valence electrons. The minimum atomic E-state index is 0.514. The van der Waals surface area contributed by atoms with E-state index in [1.54, 1.807) is 7.11 Å². The number of benzene rings is 2. The third kappa shape index (κ3) is 2.83. The molecule has 2 fully saturated rings. The lowest BCUT2D eigenvalue weighted by molar-refractivity contribution is 0.209. The van der Waals surface area contributed by atoms with Crippen LogP contribution in [0, 0.1) is 5.92 Å². The van der Waals surface area contributed by atoms with Gasteiger partial charge < -0.3 is 4.84 Å². The second-order valence-corrected chi connectivity index (χ2v) is 8.51. The van der Waals surface area contributed by atoms with Crippen molar-refractivity contribution in [2.24, 2.45) is 11.1 Å². The van der Waals surface area contributed by atoms with Crippen LogP contribution in [0.4, 0.5) is 0 Å². The molecular formula is C21H25NOS. The summed E-state index contributed by atoms with van der Waals surface area (Å²) in [6.07, 6.45) is 4.93. The van der Waals surface area contributed by atoms with Crippen LogP contribution in [0.5, 0.6) is 0 Å². The number of hydrogen-bond acceptors (Lipinski definition) is 3. The first-order chi connectivity index (χ1) is 11.8. The van der Waals surface area contributed by atoms with Gasteiger partial charge in [0.05, 0.1) is 5.71 Å². The molecule has 2 aliphatic rings. The van der Waals surface area contributed by atoms with E-state index in [1.807, 2.05) is 0 Å². The third-order valence-electron chi connectivity index (χ3n) is 5.65. The van der Waals surface area contributed by atoms with Crippen LogP contribution in [-0.4, -0.2) is 23.3 Å². The Morgan fingerprint density at radius 2 is 2.00 bits per heavy atom. The Morgan fingerprint density at radius 1 is 1.17 bits per heavy atom. The fourth-order valence-electron chi connectivity index (χ4n) is 4.57. The largest absolute Gasteiger partial charge is 0.399 e. The van der Waals surface area contributed by atoms with Crippen LogP contribution in [0.2, 0.25) is 0 Å². The number of hydrogen-bond donors (Lipinski definition) is 0. The zero-order valence-electron chi connectivity index (χ0n) is 14.4. The Kier molecular flexibility index (Phi) is 4.53. The summed E-state index contributed by atoms with van der Waals surface area (Å²) in [7, 11) is 1.67. The van der Waals surface area contributed by atoms with Gasteiger partial charge in [-0.05, 0) is 47.9 Å². The predicted octanol–water partition coefficient (Wildman–Crippen LogP) is 5.62. The van der Waals surface area contributed by atoms with E-state index < -0.39 is 0 Å². The van der Waals surface area contributed by atoms with Gasteiger partial charge in [-0.25, -0.2) is 0 Å². The molecule has 0 saturated carbocycles. The van der Waals surface area contributed by atoms with Crippen LogP contribution in [0.1, 0.15) is 44.1 Å². The second-order valence-electron chi connectivity index (χ2n) is 6.97. The van der Waals surface area contributed by atoms with Crippen LogP contribution in [0.25, 0.3) is 10.8 Å². The molecule has 2 heterocycles. The first-order valence-corrected chi connectivity index (χ1v) is 9.98. The molecule has 2 saturated heterocycles. The van der Waals surface area contributed by atoms with Gasteiger partial charge in [0, 0.05) is 16.4 Å². The van der Waals surface area contributed by atoms with Gasteiger partial charge in [0.2, 0.25) is 0 Å². The third-order valence-corrected chi connectivity index (χ3v) is 7.34. The molecule has 0 aliphatic carbocycles. The molecule has 0 spiro atoms. The molecule has 1 unspecified atom stereocenters. The number of thioether (sulfide) groups is 1. The lowest BCUT2D eigenvalue weighted by Gasteiger charge is -2.37. The normalized spacial score (nSPS) is 29.8. The highest BCUT2D eigenvalue weighted by molar-refractivity contribution is 8.00. The van der Waals surface area contributed by atoms with E-state index in [2.05, 4.69) is 66.3 Å². The Morgan fingerprint density at radius 3 is 2.79 bits per heavy atom. The summed E-state index contributed by atoms with van der Waals surface area (Å²) in [5, 5.41) is 8.62. The summed E-state index contributed by atoms with van der Waals surface area (Å²) in [6.45, 7) is 2.21. The standard InChI is InChI=1S/C21H25NOS/c1-3-19(22-23-2)21-18(13-17-10-11-20(21)24-17)16-9-8-14-6-4-5-7-15(14)12-16/h4-9,12,17-18,20-21H,3,10-11,13H2,1-2H3/t17?,18-,20+,21-/m1/s1. The molecule has 2 aliphatic heterocycles. The summed E-state index contributed by atoms with van der Waals surface area (Å²) < 4.78 is 0. The first-order valence-electron chi connectivity index (χ1n) is 9.04. The lowest BCUT2D eigenvalue weighted by Crippen LogP contribution is -2.34. The molecule has 0 amide bonds. The summed E-state index contributed by atoms with van der Waals surface area (Å²) >= 11 is 2.20.